The minimum absolute atomic E-state index is 0.419. The maximum atomic E-state index is 10.4. The Kier molecular flexibility index (Phi) is 8.09. The Morgan fingerprint density at radius 2 is 2.38 bits per heavy atom. The first-order chi connectivity index (χ1) is 10.0. The molecular formula is C12H21N5O2S2. The van der Waals surface area contributed by atoms with Crippen LogP contribution in [0, 0.1) is 10.1 Å². The molecule has 0 aromatic carbocycles. The lowest BCUT2D eigenvalue weighted by molar-refractivity contribution is -0.404. The van der Waals surface area contributed by atoms with Crippen molar-refractivity contribution in [3.05, 3.63) is 38.2 Å². The number of thiazole rings is 1. The number of nitrogens with one attached hydrogen (secondary N) is 2. The SMILES string of the molecule is CN/C(=C/[N+](=O)[O-])NCCSCc1csc(CN(C)C)n1. The largest absolute Gasteiger partial charge is 0.370 e. The van der Waals surface area contributed by atoms with E-state index in [4.69, 9.17) is 0 Å². The van der Waals surface area contributed by atoms with E-state index in [1.54, 1.807) is 30.1 Å². The molecule has 0 spiro atoms. The van der Waals surface area contributed by atoms with Crippen LogP contribution in [0.1, 0.15) is 10.7 Å². The van der Waals surface area contributed by atoms with E-state index in [0.29, 0.717) is 12.4 Å². The molecule has 1 heterocycles. The summed E-state index contributed by atoms with van der Waals surface area (Å²) >= 11 is 3.43. The van der Waals surface area contributed by atoms with Gasteiger partial charge in [0.2, 0.25) is 0 Å². The van der Waals surface area contributed by atoms with Gasteiger partial charge in [-0.05, 0) is 14.1 Å². The molecule has 0 amide bonds. The highest BCUT2D eigenvalue weighted by atomic mass is 32.2. The van der Waals surface area contributed by atoms with Gasteiger partial charge in [0, 0.05) is 37.0 Å². The molecule has 0 atom stereocenters. The molecule has 21 heavy (non-hydrogen) atoms. The fraction of sp³-hybridized carbons (Fsp3) is 0.583. The Balaban J connectivity index is 2.22. The van der Waals surface area contributed by atoms with Gasteiger partial charge in [-0.3, -0.25) is 10.1 Å². The van der Waals surface area contributed by atoms with E-state index in [1.165, 1.54) is 0 Å². The zero-order valence-corrected chi connectivity index (χ0v) is 14.1. The van der Waals surface area contributed by atoms with Crippen LogP contribution in [0.4, 0.5) is 0 Å². The molecule has 7 nitrogen and oxygen atoms in total. The van der Waals surface area contributed by atoms with Crippen LogP contribution < -0.4 is 10.6 Å². The van der Waals surface area contributed by atoms with E-state index in [0.717, 1.165) is 35.0 Å². The van der Waals surface area contributed by atoms with Crippen molar-refractivity contribution in [2.45, 2.75) is 12.3 Å². The second-order valence-corrected chi connectivity index (χ2v) is 6.58. The quantitative estimate of drug-likeness (QED) is 0.380. The van der Waals surface area contributed by atoms with Gasteiger partial charge in [-0.2, -0.15) is 11.8 Å². The lowest BCUT2D eigenvalue weighted by atomic mass is 10.5. The standard InChI is InChI=1S/C12H21N5O2S2/c1-13-11(6-17(18)19)14-4-5-20-8-10-9-21-12(15-10)7-16(2)3/h6,9,13-14H,4-5,7-8H2,1-3H3/b11-6-. The fourth-order valence-electron chi connectivity index (χ4n) is 1.50. The zero-order chi connectivity index (χ0) is 15.7. The summed E-state index contributed by atoms with van der Waals surface area (Å²) in [6, 6.07) is 0. The van der Waals surface area contributed by atoms with Crippen LogP contribution in [0.2, 0.25) is 0 Å². The van der Waals surface area contributed by atoms with Crippen LogP contribution in [-0.4, -0.2) is 48.2 Å². The van der Waals surface area contributed by atoms with E-state index in [9.17, 15) is 10.1 Å². The molecule has 0 fully saturated rings. The van der Waals surface area contributed by atoms with Crippen molar-refractivity contribution in [1.29, 1.82) is 0 Å². The third-order valence-electron chi connectivity index (χ3n) is 2.37. The van der Waals surface area contributed by atoms with Gasteiger partial charge in [-0.1, -0.05) is 0 Å². The van der Waals surface area contributed by atoms with Crippen molar-refractivity contribution >= 4 is 23.1 Å². The summed E-state index contributed by atoms with van der Waals surface area (Å²) in [4.78, 5) is 16.5. The summed E-state index contributed by atoms with van der Waals surface area (Å²) in [5.74, 6) is 2.14. The normalized spacial score (nSPS) is 11.7. The molecule has 0 saturated carbocycles. The molecule has 0 aliphatic carbocycles. The highest BCUT2D eigenvalue weighted by Crippen LogP contribution is 2.16. The van der Waals surface area contributed by atoms with Crippen molar-refractivity contribution in [1.82, 2.24) is 20.5 Å². The van der Waals surface area contributed by atoms with Crippen LogP contribution in [-0.2, 0) is 12.3 Å². The molecule has 0 aliphatic rings. The fourth-order valence-corrected chi connectivity index (χ4v) is 3.26. The Morgan fingerprint density at radius 1 is 1.62 bits per heavy atom. The molecule has 1 rings (SSSR count). The Bertz CT molecular complexity index is 476. The van der Waals surface area contributed by atoms with Crippen LogP contribution in [0.15, 0.2) is 17.4 Å². The molecule has 0 unspecified atom stereocenters. The summed E-state index contributed by atoms with van der Waals surface area (Å²) in [7, 11) is 5.70. The first-order valence-electron chi connectivity index (χ1n) is 6.44. The molecule has 1 aromatic heterocycles. The van der Waals surface area contributed by atoms with E-state index in [2.05, 4.69) is 25.9 Å². The number of nitro groups is 1. The van der Waals surface area contributed by atoms with Gasteiger partial charge < -0.3 is 15.5 Å². The van der Waals surface area contributed by atoms with Gasteiger partial charge in [0.1, 0.15) is 5.01 Å². The molecule has 118 valence electrons. The minimum Gasteiger partial charge on any atom is -0.370 e. The highest BCUT2D eigenvalue weighted by molar-refractivity contribution is 7.98. The third kappa shape index (κ3) is 7.88. The summed E-state index contributed by atoms with van der Waals surface area (Å²) in [5, 5.41) is 19.3. The van der Waals surface area contributed by atoms with E-state index >= 15 is 0 Å². The lowest BCUT2D eigenvalue weighted by Crippen LogP contribution is -2.26. The number of nitrogens with zero attached hydrogens (tertiary/aromatic N) is 3. The average Bonchev–Trinajstić information content (AvgIpc) is 2.83. The number of aromatic nitrogens is 1. The van der Waals surface area contributed by atoms with Crippen LogP contribution in [0.25, 0.3) is 0 Å². The van der Waals surface area contributed by atoms with Crippen molar-refractivity contribution in [3.8, 4) is 0 Å². The van der Waals surface area contributed by atoms with Crippen LogP contribution in [0.3, 0.4) is 0 Å². The summed E-state index contributed by atoms with van der Waals surface area (Å²) in [6.45, 7) is 1.54. The predicted molar refractivity (Wildman–Crippen MR) is 87.8 cm³/mol. The molecule has 0 bridgehead atoms. The van der Waals surface area contributed by atoms with Crippen molar-refractivity contribution in [3.63, 3.8) is 0 Å². The van der Waals surface area contributed by atoms with Crippen molar-refractivity contribution in [2.24, 2.45) is 0 Å². The number of rotatable bonds is 10. The maximum absolute atomic E-state index is 10.4. The number of hydrogen-bond acceptors (Lipinski definition) is 8. The number of thioether (sulfide) groups is 1. The second-order valence-electron chi connectivity index (χ2n) is 4.53. The summed E-state index contributed by atoms with van der Waals surface area (Å²) in [6.07, 6.45) is 0.929. The Hall–Kier alpha value is -1.32. The van der Waals surface area contributed by atoms with Gasteiger partial charge in [0.05, 0.1) is 10.6 Å². The van der Waals surface area contributed by atoms with Gasteiger partial charge in [-0.25, -0.2) is 4.98 Å². The maximum Gasteiger partial charge on any atom is 0.274 e. The minimum atomic E-state index is -0.479. The molecule has 0 radical (unpaired) electrons. The van der Waals surface area contributed by atoms with Gasteiger partial charge in [0.15, 0.2) is 5.82 Å². The van der Waals surface area contributed by atoms with E-state index in [1.807, 2.05) is 14.1 Å². The van der Waals surface area contributed by atoms with Crippen molar-refractivity contribution in [2.75, 3.05) is 33.4 Å². The summed E-state index contributed by atoms with van der Waals surface area (Å²) < 4.78 is 0. The van der Waals surface area contributed by atoms with Crippen LogP contribution >= 0.6 is 23.1 Å². The molecule has 9 heteroatoms. The second kappa shape index (κ2) is 9.59. The van der Waals surface area contributed by atoms with Gasteiger partial charge >= 0.3 is 0 Å². The van der Waals surface area contributed by atoms with Crippen molar-refractivity contribution < 1.29 is 4.92 Å². The Morgan fingerprint density at radius 3 is 3.00 bits per heavy atom. The van der Waals surface area contributed by atoms with Crippen LogP contribution in [0.5, 0.6) is 0 Å². The lowest BCUT2D eigenvalue weighted by Gasteiger charge is -2.07. The van der Waals surface area contributed by atoms with Gasteiger partial charge in [0.25, 0.3) is 6.20 Å². The molecule has 2 N–H and O–H groups in total. The molecular weight excluding hydrogens is 310 g/mol. The zero-order valence-electron chi connectivity index (χ0n) is 12.5. The topological polar surface area (TPSA) is 83.3 Å². The van der Waals surface area contributed by atoms with E-state index < -0.39 is 4.92 Å². The molecule has 0 saturated heterocycles. The predicted octanol–water partition coefficient (Wildman–Crippen LogP) is 1.32. The monoisotopic (exact) mass is 331 g/mol. The smallest absolute Gasteiger partial charge is 0.274 e. The summed E-state index contributed by atoms with van der Waals surface area (Å²) in [5.41, 5.74) is 1.09. The van der Waals surface area contributed by atoms with E-state index in [-0.39, 0.29) is 0 Å². The molecule has 0 aliphatic heterocycles. The first kappa shape index (κ1) is 17.7. The molecule has 1 aromatic rings. The Labute approximate surface area is 133 Å². The third-order valence-corrected chi connectivity index (χ3v) is 4.24. The average molecular weight is 331 g/mol. The van der Waals surface area contributed by atoms with Gasteiger partial charge in [-0.15, -0.1) is 11.3 Å². The first-order valence-corrected chi connectivity index (χ1v) is 8.47. The number of hydrogen-bond donors (Lipinski definition) is 2. The highest BCUT2D eigenvalue weighted by Gasteiger charge is 2.04.